The Morgan fingerprint density at radius 2 is 1.59 bits per heavy atom. The van der Waals surface area contributed by atoms with E-state index in [0.717, 1.165) is 5.69 Å². The van der Waals surface area contributed by atoms with Gasteiger partial charge in [0, 0.05) is 17.4 Å². The number of nitrogens with one attached hydrogen (secondary N) is 2. The Balaban J connectivity index is 1.63. The van der Waals surface area contributed by atoms with E-state index in [1.54, 1.807) is 12.1 Å². The first-order valence-corrected chi connectivity index (χ1v) is 7.65. The van der Waals surface area contributed by atoms with Crippen LogP contribution in [0.4, 0.5) is 15.8 Å². The quantitative estimate of drug-likeness (QED) is 0.876. The molecule has 3 nitrogen and oxygen atoms in total. The lowest BCUT2D eigenvalue weighted by molar-refractivity contribution is 0.102. The van der Waals surface area contributed by atoms with E-state index in [-0.39, 0.29) is 5.56 Å². The molecule has 0 radical (unpaired) electrons. The second-order valence-electron chi connectivity index (χ2n) is 5.64. The van der Waals surface area contributed by atoms with Gasteiger partial charge in [-0.25, -0.2) is 4.39 Å². The van der Waals surface area contributed by atoms with Gasteiger partial charge in [-0.1, -0.05) is 25.0 Å². The lowest BCUT2D eigenvalue weighted by Gasteiger charge is -2.14. The lowest BCUT2D eigenvalue weighted by Crippen LogP contribution is -2.15. The zero-order valence-electron chi connectivity index (χ0n) is 12.3. The molecule has 2 aromatic rings. The van der Waals surface area contributed by atoms with Gasteiger partial charge in [0.25, 0.3) is 5.91 Å². The summed E-state index contributed by atoms with van der Waals surface area (Å²) in [5, 5.41) is 6.20. The molecule has 2 aromatic carbocycles. The molecule has 0 atom stereocenters. The molecule has 114 valence electrons. The van der Waals surface area contributed by atoms with Gasteiger partial charge in [0.1, 0.15) is 5.82 Å². The van der Waals surface area contributed by atoms with Crippen molar-refractivity contribution in [1.82, 2.24) is 0 Å². The molecule has 0 saturated heterocycles. The fraction of sp³-hybridized carbons (Fsp3) is 0.278. The monoisotopic (exact) mass is 298 g/mol. The summed E-state index contributed by atoms with van der Waals surface area (Å²) < 4.78 is 13.6. The standard InChI is InChI=1S/C18H19FN2O/c19-17-8-4-3-7-16(17)18(22)21-15-11-9-14(10-12-15)20-13-5-1-2-6-13/h3-4,7-13,20H,1-2,5-6H2,(H,21,22). The van der Waals surface area contributed by atoms with Crippen LogP contribution in [0.3, 0.4) is 0 Å². The van der Waals surface area contributed by atoms with E-state index in [1.165, 1.54) is 37.8 Å². The molecule has 1 saturated carbocycles. The zero-order chi connectivity index (χ0) is 15.4. The smallest absolute Gasteiger partial charge is 0.258 e. The van der Waals surface area contributed by atoms with E-state index in [9.17, 15) is 9.18 Å². The van der Waals surface area contributed by atoms with E-state index in [1.807, 2.05) is 24.3 Å². The summed E-state index contributed by atoms with van der Waals surface area (Å²) in [6.07, 6.45) is 5.00. The van der Waals surface area contributed by atoms with Crippen molar-refractivity contribution in [1.29, 1.82) is 0 Å². The molecule has 0 bridgehead atoms. The Morgan fingerprint density at radius 3 is 2.27 bits per heavy atom. The molecule has 0 spiro atoms. The first-order valence-electron chi connectivity index (χ1n) is 7.65. The summed E-state index contributed by atoms with van der Waals surface area (Å²) in [7, 11) is 0. The summed E-state index contributed by atoms with van der Waals surface area (Å²) in [4.78, 5) is 12.0. The average Bonchev–Trinajstić information content (AvgIpc) is 3.02. The van der Waals surface area contributed by atoms with Crippen molar-refractivity contribution in [3.8, 4) is 0 Å². The highest BCUT2D eigenvalue weighted by molar-refractivity contribution is 6.04. The first kappa shape index (κ1) is 14.6. The predicted octanol–water partition coefficient (Wildman–Crippen LogP) is 4.43. The number of rotatable bonds is 4. The Labute approximate surface area is 129 Å². The number of carbonyl (C=O) groups excluding carboxylic acids is 1. The minimum absolute atomic E-state index is 0.0515. The van der Waals surface area contributed by atoms with Crippen LogP contribution in [0.25, 0.3) is 0 Å². The number of carbonyl (C=O) groups is 1. The van der Waals surface area contributed by atoms with Crippen LogP contribution < -0.4 is 10.6 Å². The van der Waals surface area contributed by atoms with Crippen LogP contribution in [0.1, 0.15) is 36.0 Å². The molecule has 1 aliphatic rings. The van der Waals surface area contributed by atoms with Crippen LogP contribution >= 0.6 is 0 Å². The SMILES string of the molecule is O=C(Nc1ccc(NC2CCCC2)cc1)c1ccccc1F. The highest BCUT2D eigenvalue weighted by Crippen LogP contribution is 2.23. The molecule has 2 N–H and O–H groups in total. The molecule has 3 rings (SSSR count). The van der Waals surface area contributed by atoms with Crippen molar-refractivity contribution in [2.24, 2.45) is 0 Å². The Kier molecular flexibility index (Phi) is 4.37. The van der Waals surface area contributed by atoms with Crippen molar-refractivity contribution in [3.63, 3.8) is 0 Å². The zero-order valence-corrected chi connectivity index (χ0v) is 12.3. The van der Waals surface area contributed by atoms with Gasteiger partial charge in [0.05, 0.1) is 5.56 Å². The van der Waals surface area contributed by atoms with E-state index in [2.05, 4.69) is 10.6 Å². The van der Waals surface area contributed by atoms with Crippen LogP contribution in [0.15, 0.2) is 48.5 Å². The van der Waals surface area contributed by atoms with E-state index in [0.29, 0.717) is 11.7 Å². The highest BCUT2D eigenvalue weighted by Gasteiger charge is 2.14. The van der Waals surface area contributed by atoms with Crippen LogP contribution in [-0.4, -0.2) is 11.9 Å². The molecule has 1 aliphatic carbocycles. The van der Waals surface area contributed by atoms with Crippen LogP contribution in [-0.2, 0) is 0 Å². The summed E-state index contributed by atoms with van der Waals surface area (Å²) in [5.74, 6) is -0.950. The maximum atomic E-state index is 13.6. The maximum Gasteiger partial charge on any atom is 0.258 e. The Hall–Kier alpha value is -2.36. The molecule has 1 fully saturated rings. The molecule has 22 heavy (non-hydrogen) atoms. The fourth-order valence-electron chi connectivity index (χ4n) is 2.80. The minimum Gasteiger partial charge on any atom is -0.382 e. The third kappa shape index (κ3) is 3.45. The normalized spacial score (nSPS) is 14.8. The summed E-state index contributed by atoms with van der Waals surface area (Å²) >= 11 is 0. The van der Waals surface area contributed by atoms with Crippen molar-refractivity contribution in [2.75, 3.05) is 10.6 Å². The van der Waals surface area contributed by atoms with Crippen LogP contribution in [0.5, 0.6) is 0 Å². The van der Waals surface area contributed by atoms with Crippen LogP contribution in [0, 0.1) is 5.82 Å². The highest BCUT2D eigenvalue weighted by atomic mass is 19.1. The van der Waals surface area contributed by atoms with Gasteiger partial charge in [-0.15, -0.1) is 0 Å². The van der Waals surface area contributed by atoms with Gasteiger partial charge in [0.2, 0.25) is 0 Å². The van der Waals surface area contributed by atoms with Gasteiger partial charge in [-0.2, -0.15) is 0 Å². The third-order valence-electron chi connectivity index (χ3n) is 3.99. The molecule has 0 unspecified atom stereocenters. The largest absolute Gasteiger partial charge is 0.382 e. The van der Waals surface area contributed by atoms with Gasteiger partial charge in [0.15, 0.2) is 0 Å². The number of anilines is 2. The number of amides is 1. The van der Waals surface area contributed by atoms with Crippen molar-refractivity contribution in [3.05, 3.63) is 59.9 Å². The first-order chi connectivity index (χ1) is 10.7. The molecule has 0 aromatic heterocycles. The second kappa shape index (κ2) is 6.60. The average molecular weight is 298 g/mol. The molecule has 0 aliphatic heterocycles. The summed E-state index contributed by atoms with van der Waals surface area (Å²) in [6.45, 7) is 0. The minimum atomic E-state index is -0.514. The van der Waals surface area contributed by atoms with E-state index < -0.39 is 11.7 Å². The lowest BCUT2D eigenvalue weighted by atomic mass is 10.2. The molecule has 4 heteroatoms. The number of hydrogen-bond donors (Lipinski definition) is 2. The fourth-order valence-corrected chi connectivity index (χ4v) is 2.80. The van der Waals surface area contributed by atoms with E-state index in [4.69, 9.17) is 0 Å². The Bertz CT molecular complexity index is 648. The third-order valence-corrected chi connectivity index (χ3v) is 3.99. The number of halogens is 1. The van der Waals surface area contributed by atoms with Crippen molar-refractivity contribution >= 4 is 17.3 Å². The topological polar surface area (TPSA) is 41.1 Å². The number of hydrogen-bond acceptors (Lipinski definition) is 2. The van der Waals surface area contributed by atoms with Crippen molar-refractivity contribution < 1.29 is 9.18 Å². The van der Waals surface area contributed by atoms with Crippen molar-refractivity contribution in [2.45, 2.75) is 31.7 Å². The predicted molar refractivity (Wildman–Crippen MR) is 86.7 cm³/mol. The summed E-state index contributed by atoms with van der Waals surface area (Å²) in [6, 6.07) is 14.1. The van der Waals surface area contributed by atoms with Gasteiger partial charge < -0.3 is 10.6 Å². The molecule has 0 heterocycles. The van der Waals surface area contributed by atoms with Gasteiger partial charge >= 0.3 is 0 Å². The van der Waals surface area contributed by atoms with E-state index >= 15 is 0 Å². The molecular weight excluding hydrogens is 279 g/mol. The van der Waals surface area contributed by atoms with Gasteiger partial charge in [-0.05, 0) is 49.2 Å². The van der Waals surface area contributed by atoms with Crippen LogP contribution in [0.2, 0.25) is 0 Å². The summed E-state index contributed by atoms with van der Waals surface area (Å²) in [5.41, 5.74) is 1.76. The second-order valence-corrected chi connectivity index (χ2v) is 5.64. The van der Waals surface area contributed by atoms with Gasteiger partial charge in [-0.3, -0.25) is 4.79 Å². The maximum absolute atomic E-state index is 13.6. The molecule has 1 amide bonds. The number of benzene rings is 2. The molecular formula is C18H19FN2O. The Morgan fingerprint density at radius 1 is 0.955 bits per heavy atom.